The lowest BCUT2D eigenvalue weighted by atomic mass is 10.0. The third-order valence-electron chi connectivity index (χ3n) is 3.23. The first-order valence-electron chi connectivity index (χ1n) is 7.39. The van der Waals surface area contributed by atoms with Crippen LogP contribution in [0.5, 0.6) is 0 Å². The number of anilines is 1. The highest BCUT2D eigenvalue weighted by Gasteiger charge is 2.13. The summed E-state index contributed by atoms with van der Waals surface area (Å²) in [5.41, 5.74) is 1.59. The van der Waals surface area contributed by atoms with Crippen LogP contribution in [0.4, 0.5) is 5.69 Å². The highest BCUT2D eigenvalue weighted by Crippen LogP contribution is 2.11. The highest BCUT2D eigenvalue weighted by atomic mass is 16.3. The molecule has 0 aliphatic heterocycles. The molecular formula is C17H24N2O3. The SMILES string of the molecule is CC(=O)Nc1ccc(/C=C/C(=O)NC(CCO)C(C)C)cc1. The maximum absolute atomic E-state index is 11.9. The third kappa shape index (κ3) is 6.54. The first-order chi connectivity index (χ1) is 10.4. The molecule has 1 unspecified atom stereocenters. The molecule has 0 radical (unpaired) electrons. The van der Waals surface area contributed by atoms with E-state index in [1.54, 1.807) is 18.2 Å². The summed E-state index contributed by atoms with van der Waals surface area (Å²) in [6.45, 7) is 5.52. The van der Waals surface area contributed by atoms with Gasteiger partial charge in [0.25, 0.3) is 0 Å². The minimum absolute atomic E-state index is 0.0377. The second kappa shape index (κ2) is 9.00. The molecule has 0 saturated heterocycles. The highest BCUT2D eigenvalue weighted by molar-refractivity contribution is 5.92. The number of hydrogen-bond donors (Lipinski definition) is 3. The first-order valence-corrected chi connectivity index (χ1v) is 7.39. The zero-order valence-electron chi connectivity index (χ0n) is 13.3. The minimum Gasteiger partial charge on any atom is -0.396 e. The van der Waals surface area contributed by atoms with Crippen LogP contribution in [0.2, 0.25) is 0 Å². The average molecular weight is 304 g/mol. The van der Waals surface area contributed by atoms with Crippen LogP contribution >= 0.6 is 0 Å². The average Bonchev–Trinajstić information content (AvgIpc) is 2.45. The van der Waals surface area contributed by atoms with Crippen LogP contribution in [0.1, 0.15) is 32.8 Å². The van der Waals surface area contributed by atoms with Gasteiger partial charge in [0.1, 0.15) is 0 Å². The lowest BCUT2D eigenvalue weighted by Gasteiger charge is -2.20. The van der Waals surface area contributed by atoms with Crippen molar-refractivity contribution in [1.29, 1.82) is 0 Å². The summed E-state index contributed by atoms with van der Waals surface area (Å²) >= 11 is 0. The zero-order valence-corrected chi connectivity index (χ0v) is 13.3. The summed E-state index contributed by atoms with van der Waals surface area (Å²) < 4.78 is 0. The van der Waals surface area contributed by atoms with Gasteiger partial charge < -0.3 is 15.7 Å². The zero-order chi connectivity index (χ0) is 16.5. The van der Waals surface area contributed by atoms with Crippen molar-refractivity contribution < 1.29 is 14.7 Å². The fraction of sp³-hybridized carbons (Fsp3) is 0.412. The van der Waals surface area contributed by atoms with E-state index < -0.39 is 0 Å². The smallest absolute Gasteiger partial charge is 0.244 e. The van der Waals surface area contributed by atoms with Gasteiger partial charge in [-0.3, -0.25) is 9.59 Å². The van der Waals surface area contributed by atoms with Gasteiger partial charge in [0, 0.05) is 31.3 Å². The Labute approximate surface area is 131 Å². The van der Waals surface area contributed by atoms with E-state index in [0.29, 0.717) is 6.42 Å². The van der Waals surface area contributed by atoms with Crippen molar-refractivity contribution in [3.8, 4) is 0 Å². The lowest BCUT2D eigenvalue weighted by Crippen LogP contribution is -2.38. The molecule has 0 aliphatic rings. The Balaban J connectivity index is 2.59. The van der Waals surface area contributed by atoms with Crippen molar-refractivity contribution >= 4 is 23.6 Å². The summed E-state index contributed by atoms with van der Waals surface area (Å²) in [4.78, 5) is 22.8. The predicted octanol–water partition coefficient (Wildman–Crippen LogP) is 2.18. The van der Waals surface area contributed by atoms with Gasteiger partial charge in [-0.25, -0.2) is 0 Å². The molecule has 5 heteroatoms. The number of hydrogen-bond acceptors (Lipinski definition) is 3. The standard InChI is InChI=1S/C17H24N2O3/c1-12(2)16(10-11-20)19-17(22)9-6-14-4-7-15(8-5-14)18-13(3)21/h4-9,12,16,20H,10-11H2,1-3H3,(H,18,21)(H,19,22)/b9-6+. The Morgan fingerprint density at radius 3 is 2.36 bits per heavy atom. The number of aliphatic hydroxyl groups excluding tert-OH is 1. The molecule has 0 saturated carbocycles. The second-order valence-electron chi connectivity index (χ2n) is 5.51. The second-order valence-corrected chi connectivity index (χ2v) is 5.51. The van der Waals surface area contributed by atoms with Crippen LogP contribution in [0, 0.1) is 5.92 Å². The summed E-state index contributed by atoms with van der Waals surface area (Å²) in [7, 11) is 0. The van der Waals surface area contributed by atoms with Crippen LogP contribution in [0.15, 0.2) is 30.3 Å². The van der Waals surface area contributed by atoms with Crippen molar-refractivity contribution in [2.75, 3.05) is 11.9 Å². The Morgan fingerprint density at radius 2 is 1.86 bits per heavy atom. The third-order valence-corrected chi connectivity index (χ3v) is 3.23. The summed E-state index contributed by atoms with van der Waals surface area (Å²) in [5.74, 6) is -0.0363. The van der Waals surface area contributed by atoms with Crippen molar-refractivity contribution in [2.24, 2.45) is 5.92 Å². The van der Waals surface area contributed by atoms with Gasteiger partial charge in [-0.15, -0.1) is 0 Å². The fourth-order valence-corrected chi connectivity index (χ4v) is 1.99. The fourth-order valence-electron chi connectivity index (χ4n) is 1.99. The first kappa shape index (κ1) is 17.9. The quantitative estimate of drug-likeness (QED) is 0.676. The molecule has 1 atom stereocenters. The van der Waals surface area contributed by atoms with Gasteiger partial charge in [-0.05, 0) is 36.1 Å². The topological polar surface area (TPSA) is 78.4 Å². The van der Waals surface area contributed by atoms with Crippen LogP contribution in [-0.2, 0) is 9.59 Å². The van der Waals surface area contributed by atoms with Crippen molar-refractivity contribution in [3.05, 3.63) is 35.9 Å². The molecule has 0 fully saturated rings. The van der Waals surface area contributed by atoms with Gasteiger partial charge in [0.2, 0.25) is 11.8 Å². The summed E-state index contributed by atoms with van der Waals surface area (Å²) in [6.07, 6.45) is 3.73. The number of aliphatic hydroxyl groups is 1. The van der Waals surface area contributed by atoms with E-state index in [9.17, 15) is 9.59 Å². The number of benzene rings is 1. The minimum atomic E-state index is -0.182. The van der Waals surface area contributed by atoms with E-state index in [2.05, 4.69) is 10.6 Å². The Bertz CT molecular complexity index is 521. The molecule has 22 heavy (non-hydrogen) atoms. The van der Waals surface area contributed by atoms with E-state index in [1.807, 2.05) is 26.0 Å². The maximum Gasteiger partial charge on any atom is 0.244 e. The van der Waals surface area contributed by atoms with E-state index in [4.69, 9.17) is 5.11 Å². The number of nitrogens with one attached hydrogen (secondary N) is 2. The van der Waals surface area contributed by atoms with E-state index in [1.165, 1.54) is 13.0 Å². The number of rotatable bonds is 7. The molecule has 0 spiro atoms. The molecule has 1 aromatic rings. The van der Waals surface area contributed by atoms with Gasteiger partial charge in [-0.2, -0.15) is 0 Å². The van der Waals surface area contributed by atoms with Crippen LogP contribution < -0.4 is 10.6 Å². The number of carbonyl (C=O) groups excluding carboxylic acids is 2. The van der Waals surface area contributed by atoms with Crippen molar-refractivity contribution in [2.45, 2.75) is 33.2 Å². The van der Waals surface area contributed by atoms with Crippen LogP contribution in [0.3, 0.4) is 0 Å². The number of amides is 2. The molecule has 120 valence electrons. The summed E-state index contributed by atoms with van der Waals surface area (Å²) in [6, 6.07) is 7.17. The molecule has 1 rings (SSSR count). The summed E-state index contributed by atoms with van der Waals surface area (Å²) in [5, 5.41) is 14.6. The molecule has 0 bridgehead atoms. The Kier molecular flexibility index (Phi) is 7.32. The molecule has 0 aromatic heterocycles. The van der Waals surface area contributed by atoms with E-state index >= 15 is 0 Å². The predicted molar refractivity (Wildman–Crippen MR) is 88.3 cm³/mol. The molecule has 5 nitrogen and oxygen atoms in total. The molecule has 0 aliphatic carbocycles. The van der Waals surface area contributed by atoms with Crippen LogP contribution in [-0.4, -0.2) is 29.6 Å². The van der Waals surface area contributed by atoms with Gasteiger partial charge in [-0.1, -0.05) is 26.0 Å². The lowest BCUT2D eigenvalue weighted by molar-refractivity contribution is -0.117. The van der Waals surface area contributed by atoms with Gasteiger partial charge in [0.05, 0.1) is 0 Å². The van der Waals surface area contributed by atoms with Crippen LogP contribution in [0.25, 0.3) is 6.08 Å². The molecule has 0 heterocycles. The number of carbonyl (C=O) groups is 2. The largest absolute Gasteiger partial charge is 0.396 e. The molecule has 1 aromatic carbocycles. The monoisotopic (exact) mass is 304 g/mol. The van der Waals surface area contributed by atoms with Crippen molar-refractivity contribution in [1.82, 2.24) is 5.32 Å². The normalized spacial score (nSPS) is 12.4. The molecule has 2 amide bonds. The van der Waals surface area contributed by atoms with E-state index in [0.717, 1.165) is 11.3 Å². The maximum atomic E-state index is 11.9. The van der Waals surface area contributed by atoms with Gasteiger partial charge in [0.15, 0.2) is 0 Å². The van der Waals surface area contributed by atoms with E-state index in [-0.39, 0.29) is 30.4 Å². The molecule has 3 N–H and O–H groups in total. The molecular weight excluding hydrogens is 280 g/mol. The Hall–Kier alpha value is -2.14. The van der Waals surface area contributed by atoms with Crippen molar-refractivity contribution in [3.63, 3.8) is 0 Å². The van der Waals surface area contributed by atoms with Gasteiger partial charge >= 0.3 is 0 Å². The Morgan fingerprint density at radius 1 is 1.23 bits per heavy atom.